The minimum atomic E-state index is -0.760. The second-order valence-corrected chi connectivity index (χ2v) is 7.02. The Kier molecular flexibility index (Phi) is 4.06. The number of hydrogen-bond donors (Lipinski definition) is 0. The van der Waals surface area contributed by atoms with Gasteiger partial charge in [-0.15, -0.1) is 11.3 Å². The Bertz CT molecular complexity index is 1010. The zero-order chi connectivity index (χ0) is 18.3. The summed E-state index contributed by atoms with van der Waals surface area (Å²) in [4.78, 5) is 43.0. The van der Waals surface area contributed by atoms with Gasteiger partial charge in [0.2, 0.25) is 0 Å². The number of hydroxylamine groups is 2. The number of nitrogens with zero attached hydrogens (tertiary/aromatic N) is 1. The van der Waals surface area contributed by atoms with Gasteiger partial charge >= 0.3 is 5.97 Å². The van der Waals surface area contributed by atoms with Gasteiger partial charge in [0.1, 0.15) is 4.88 Å². The number of benzene rings is 2. The molecule has 0 fully saturated rings. The number of hydrogen-bond acceptors (Lipinski definition) is 5. The van der Waals surface area contributed by atoms with Crippen LogP contribution in [0.2, 0.25) is 5.02 Å². The number of amides is 2. The number of carbonyl (C=O) groups is 3. The third-order valence-electron chi connectivity index (χ3n) is 3.87. The van der Waals surface area contributed by atoms with Gasteiger partial charge in [0.05, 0.1) is 11.1 Å². The lowest BCUT2D eigenvalue weighted by atomic mass is 10.1. The van der Waals surface area contributed by atoms with E-state index in [1.165, 1.54) is 23.5 Å². The molecule has 0 saturated heterocycles. The molecule has 0 N–H and O–H groups in total. The largest absolute Gasteiger partial charge is 0.373 e. The Labute approximate surface area is 157 Å². The molecule has 0 saturated carbocycles. The molecular formula is C19H10ClNO4S. The average Bonchev–Trinajstić information content (AvgIpc) is 3.23. The van der Waals surface area contributed by atoms with Crippen LogP contribution < -0.4 is 0 Å². The maximum Gasteiger partial charge on any atom is 0.373 e. The van der Waals surface area contributed by atoms with E-state index < -0.39 is 17.8 Å². The second-order valence-electron chi connectivity index (χ2n) is 5.50. The fourth-order valence-corrected chi connectivity index (χ4v) is 3.60. The van der Waals surface area contributed by atoms with E-state index in [0.717, 1.165) is 10.4 Å². The molecule has 1 aromatic heterocycles. The lowest BCUT2D eigenvalue weighted by Gasteiger charge is -2.11. The van der Waals surface area contributed by atoms with Crippen molar-refractivity contribution in [1.29, 1.82) is 0 Å². The summed E-state index contributed by atoms with van der Waals surface area (Å²) in [5.41, 5.74) is 1.34. The summed E-state index contributed by atoms with van der Waals surface area (Å²) in [7, 11) is 0. The van der Waals surface area contributed by atoms with Gasteiger partial charge < -0.3 is 4.84 Å². The average molecular weight is 384 g/mol. The molecular weight excluding hydrogens is 374 g/mol. The van der Waals surface area contributed by atoms with Crippen LogP contribution in [0.3, 0.4) is 0 Å². The normalized spacial score (nSPS) is 13.0. The van der Waals surface area contributed by atoms with E-state index >= 15 is 0 Å². The van der Waals surface area contributed by atoms with Crippen LogP contribution in [-0.2, 0) is 4.84 Å². The molecule has 0 aliphatic carbocycles. The molecule has 1 aliphatic heterocycles. The molecule has 5 nitrogen and oxygen atoms in total. The van der Waals surface area contributed by atoms with Crippen LogP contribution >= 0.6 is 22.9 Å². The topological polar surface area (TPSA) is 63.7 Å². The van der Waals surface area contributed by atoms with E-state index in [2.05, 4.69) is 0 Å². The van der Waals surface area contributed by atoms with Gasteiger partial charge in [-0.1, -0.05) is 40.9 Å². The first-order valence-corrected chi connectivity index (χ1v) is 8.80. The molecule has 0 radical (unpaired) electrons. The highest BCUT2D eigenvalue weighted by molar-refractivity contribution is 7.17. The minimum absolute atomic E-state index is 0.221. The Morgan fingerprint density at radius 1 is 0.885 bits per heavy atom. The molecule has 7 heteroatoms. The second kappa shape index (κ2) is 6.40. The number of imide groups is 1. The van der Waals surface area contributed by atoms with E-state index in [-0.39, 0.29) is 16.0 Å². The van der Waals surface area contributed by atoms with Crippen LogP contribution in [-0.4, -0.2) is 22.8 Å². The Balaban J connectivity index is 1.54. The van der Waals surface area contributed by atoms with Crippen LogP contribution in [0.25, 0.3) is 10.4 Å². The molecule has 0 bridgehead atoms. The fraction of sp³-hybridized carbons (Fsp3) is 0. The molecule has 1 aliphatic rings. The third-order valence-corrected chi connectivity index (χ3v) is 5.23. The van der Waals surface area contributed by atoms with Gasteiger partial charge in [0.15, 0.2) is 0 Å². The third kappa shape index (κ3) is 2.79. The standard InChI is InChI=1S/C19H10ClNO4S/c20-12-7-5-11(6-8-12)15-9-10-16(26-15)19(24)25-21-17(22)13-3-1-2-4-14(13)18(21)23/h1-10H. The van der Waals surface area contributed by atoms with Gasteiger partial charge in [-0.3, -0.25) is 9.59 Å². The summed E-state index contributed by atoms with van der Waals surface area (Å²) < 4.78 is 0. The smallest absolute Gasteiger partial charge is 0.323 e. The zero-order valence-corrected chi connectivity index (χ0v) is 14.7. The highest BCUT2D eigenvalue weighted by atomic mass is 35.5. The van der Waals surface area contributed by atoms with Crippen molar-refractivity contribution < 1.29 is 19.2 Å². The van der Waals surface area contributed by atoms with Crippen molar-refractivity contribution in [3.63, 3.8) is 0 Å². The molecule has 3 aromatic rings. The number of halogens is 1. The Morgan fingerprint density at radius 3 is 2.12 bits per heavy atom. The van der Waals surface area contributed by atoms with Gasteiger partial charge in [0, 0.05) is 9.90 Å². The first-order valence-electron chi connectivity index (χ1n) is 7.60. The van der Waals surface area contributed by atoms with Crippen LogP contribution in [0.15, 0.2) is 60.7 Å². The van der Waals surface area contributed by atoms with Gasteiger partial charge in [-0.05, 0) is 42.0 Å². The van der Waals surface area contributed by atoms with Crippen molar-refractivity contribution in [3.05, 3.63) is 81.7 Å². The van der Waals surface area contributed by atoms with Crippen molar-refractivity contribution in [2.45, 2.75) is 0 Å². The van der Waals surface area contributed by atoms with Crippen LogP contribution in [0, 0.1) is 0 Å². The van der Waals surface area contributed by atoms with Gasteiger partial charge in [0.25, 0.3) is 11.8 Å². The summed E-state index contributed by atoms with van der Waals surface area (Å²) in [6, 6.07) is 16.9. The van der Waals surface area contributed by atoms with E-state index in [1.54, 1.807) is 36.4 Å². The molecule has 0 unspecified atom stereocenters. The molecule has 0 atom stereocenters. The first-order chi connectivity index (χ1) is 12.5. The summed E-state index contributed by atoms with van der Waals surface area (Å²) >= 11 is 7.08. The number of rotatable bonds is 3. The van der Waals surface area contributed by atoms with Crippen LogP contribution in [0.5, 0.6) is 0 Å². The summed E-state index contributed by atoms with van der Waals surface area (Å²) in [5.74, 6) is -2.05. The number of thiophene rings is 1. The van der Waals surface area contributed by atoms with Gasteiger partial charge in [-0.2, -0.15) is 0 Å². The summed E-state index contributed by atoms with van der Waals surface area (Å²) in [5, 5.41) is 1.13. The quantitative estimate of drug-likeness (QED) is 0.627. The van der Waals surface area contributed by atoms with Crippen LogP contribution in [0.1, 0.15) is 30.4 Å². The van der Waals surface area contributed by atoms with E-state index in [9.17, 15) is 14.4 Å². The highest BCUT2D eigenvalue weighted by Gasteiger charge is 2.38. The monoisotopic (exact) mass is 383 g/mol. The van der Waals surface area contributed by atoms with Crippen molar-refractivity contribution in [3.8, 4) is 10.4 Å². The molecule has 26 heavy (non-hydrogen) atoms. The molecule has 4 rings (SSSR count). The fourth-order valence-electron chi connectivity index (χ4n) is 2.59. The lowest BCUT2D eigenvalue weighted by Crippen LogP contribution is -2.32. The summed E-state index contributed by atoms with van der Waals surface area (Å²) in [6.07, 6.45) is 0. The molecule has 128 valence electrons. The van der Waals surface area contributed by atoms with Crippen molar-refractivity contribution in [2.24, 2.45) is 0 Å². The Morgan fingerprint density at radius 2 is 1.50 bits per heavy atom. The molecule has 2 heterocycles. The Hall–Kier alpha value is -2.96. The van der Waals surface area contributed by atoms with E-state index in [1.807, 2.05) is 12.1 Å². The lowest BCUT2D eigenvalue weighted by molar-refractivity contribution is -0.0581. The van der Waals surface area contributed by atoms with E-state index in [4.69, 9.17) is 16.4 Å². The van der Waals surface area contributed by atoms with Crippen LogP contribution in [0.4, 0.5) is 0 Å². The molecule has 0 spiro atoms. The molecule has 2 amide bonds. The zero-order valence-electron chi connectivity index (χ0n) is 13.1. The van der Waals surface area contributed by atoms with Crippen molar-refractivity contribution in [1.82, 2.24) is 5.06 Å². The molecule has 2 aromatic carbocycles. The van der Waals surface area contributed by atoms with Crippen molar-refractivity contribution >= 4 is 40.7 Å². The number of carbonyl (C=O) groups excluding carboxylic acids is 3. The maximum absolute atomic E-state index is 12.4. The SMILES string of the molecule is O=C(ON1C(=O)c2ccccc2C1=O)c1ccc(-c2ccc(Cl)cc2)s1. The minimum Gasteiger partial charge on any atom is -0.323 e. The number of fused-ring (bicyclic) bond motifs is 1. The van der Waals surface area contributed by atoms with Crippen molar-refractivity contribution in [2.75, 3.05) is 0 Å². The van der Waals surface area contributed by atoms with Gasteiger partial charge in [-0.25, -0.2) is 4.79 Å². The van der Waals surface area contributed by atoms with E-state index in [0.29, 0.717) is 10.1 Å². The maximum atomic E-state index is 12.4. The predicted octanol–water partition coefficient (Wildman–Crippen LogP) is 4.44. The predicted molar refractivity (Wildman–Crippen MR) is 97.1 cm³/mol. The first kappa shape index (κ1) is 16.5. The summed E-state index contributed by atoms with van der Waals surface area (Å²) in [6.45, 7) is 0. The highest BCUT2D eigenvalue weighted by Crippen LogP contribution is 2.30.